The Morgan fingerprint density at radius 1 is 0.942 bits per heavy atom. The third kappa shape index (κ3) is 10.5. The van der Waals surface area contributed by atoms with E-state index in [0.717, 1.165) is 62.7 Å². The van der Waals surface area contributed by atoms with Crippen molar-refractivity contribution in [1.82, 2.24) is 4.98 Å². The van der Waals surface area contributed by atoms with E-state index in [2.05, 4.69) is 59.7 Å². The molecule has 1 unspecified atom stereocenters. The maximum Gasteiger partial charge on any atom is 0.389 e. The summed E-state index contributed by atoms with van der Waals surface area (Å²) in [6.07, 6.45) is -0.473. The maximum absolute atomic E-state index is 12.4. The number of benzene rings is 3. The summed E-state index contributed by atoms with van der Waals surface area (Å²) in [7, 11) is 0. The average Bonchev–Trinajstić information content (AvgIpc) is 3.05. The Morgan fingerprint density at radius 2 is 1.58 bits per heavy atom. The Balaban J connectivity index is 0.000000349. The average molecular weight is 898 g/mol. The van der Waals surface area contributed by atoms with Gasteiger partial charge in [-0.15, -0.1) is 17.5 Å². The van der Waals surface area contributed by atoms with Crippen LogP contribution in [0.3, 0.4) is 0 Å². The molecule has 1 atom stereocenters. The first-order valence-electron chi connectivity index (χ1n) is 19.5. The Labute approximate surface area is 326 Å². The first-order valence-corrected chi connectivity index (χ1v) is 18.0. The van der Waals surface area contributed by atoms with Crippen molar-refractivity contribution in [2.75, 3.05) is 0 Å². The molecule has 0 spiro atoms. The van der Waals surface area contributed by atoms with Crippen LogP contribution in [0.25, 0.3) is 32.8 Å². The number of carbonyl (C=O) groups is 1. The Hall–Kier alpha value is -3.22. The molecule has 8 heteroatoms. The number of carbonyl (C=O) groups excluding carboxylic acids is 1. The maximum atomic E-state index is 12.4. The smallest absolute Gasteiger partial charge is 0.389 e. The summed E-state index contributed by atoms with van der Waals surface area (Å²) in [4.78, 5) is 16.8. The summed E-state index contributed by atoms with van der Waals surface area (Å²) in [5, 5.41) is 13.8. The predicted molar refractivity (Wildman–Crippen MR) is 204 cm³/mol. The van der Waals surface area contributed by atoms with E-state index < -0.39 is 31.1 Å². The number of fused-ring (bicyclic) bond motifs is 3. The molecule has 2 heterocycles. The van der Waals surface area contributed by atoms with Crippen molar-refractivity contribution >= 4 is 27.3 Å². The third-order valence-electron chi connectivity index (χ3n) is 9.35. The molecule has 4 aromatic rings. The molecule has 0 fully saturated rings. The van der Waals surface area contributed by atoms with Gasteiger partial charge in [0.1, 0.15) is 11.5 Å². The zero-order valence-electron chi connectivity index (χ0n) is 35.1. The third-order valence-corrected chi connectivity index (χ3v) is 9.35. The van der Waals surface area contributed by atoms with Crippen molar-refractivity contribution in [3.8, 4) is 22.8 Å². The molecular formula is C44H55F3IrNO3-. The molecule has 1 aromatic heterocycles. The molecule has 0 saturated heterocycles. The molecule has 1 aliphatic heterocycles. The van der Waals surface area contributed by atoms with Gasteiger partial charge in [0.05, 0.1) is 12.2 Å². The number of alkyl halides is 3. The van der Waals surface area contributed by atoms with Crippen molar-refractivity contribution in [2.24, 2.45) is 22.7 Å². The number of ketones is 1. The van der Waals surface area contributed by atoms with Crippen LogP contribution in [0.2, 0.25) is 0 Å². The predicted octanol–water partition coefficient (Wildman–Crippen LogP) is 13.2. The van der Waals surface area contributed by atoms with Gasteiger partial charge in [-0.1, -0.05) is 103 Å². The number of Topliss-reactive ketones (excluding diaryl/α,β-unsaturated/α-hetero) is 1. The van der Waals surface area contributed by atoms with Gasteiger partial charge in [0, 0.05) is 58.9 Å². The van der Waals surface area contributed by atoms with E-state index in [1.165, 1.54) is 12.5 Å². The number of aromatic nitrogens is 1. The Kier molecular flexibility index (Phi) is 12.5. The van der Waals surface area contributed by atoms with Crippen LogP contribution in [-0.2, 0) is 37.7 Å². The van der Waals surface area contributed by atoms with Crippen LogP contribution < -0.4 is 4.74 Å². The fraction of sp³-hybridized carbons (Fsp3) is 0.500. The van der Waals surface area contributed by atoms with Gasteiger partial charge in [0.15, 0.2) is 5.78 Å². The van der Waals surface area contributed by atoms with E-state index in [0.29, 0.717) is 18.4 Å². The second-order valence-corrected chi connectivity index (χ2v) is 16.3. The van der Waals surface area contributed by atoms with Crippen molar-refractivity contribution in [1.29, 1.82) is 0 Å². The molecule has 285 valence electrons. The largest absolute Gasteiger partial charge is 0.512 e. The van der Waals surface area contributed by atoms with Crippen LogP contribution in [-0.4, -0.2) is 22.1 Å². The molecule has 1 N–H and O–H groups in total. The second-order valence-electron chi connectivity index (χ2n) is 16.3. The van der Waals surface area contributed by atoms with E-state index in [1.807, 2.05) is 32.2 Å². The number of halogens is 3. The van der Waals surface area contributed by atoms with Gasteiger partial charge >= 0.3 is 6.18 Å². The molecule has 0 amide bonds. The summed E-state index contributed by atoms with van der Waals surface area (Å²) in [5.74, 6) is -0.294. The Morgan fingerprint density at radius 3 is 2.13 bits per heavy atom. The van der Waals surface area contributed by atoms with Crippen LogP contribution >= 0.6 is 0 Å². The number of nitrogens with zero attached hydrogens (tertiary/aromatic N) is 1. The summed E-state index contributed by atoms with van der Waals surface area (Å²) in [5.41, 5.74) is 4.52. The van der Waals surface area contributed by atoms with Crippen LogP contribution in [0.15, 0.2) is 53.9 Å². The summed E-state index contributed by atoms with van der Waals surface area (Å²) in [6.45, 7) is 17.9. The van der Waals surface area contributed by atoms with Gasteiger partial charge < -0.3 is 9.84 Å². The number of aliphatic hydroxyl groups excluding tert-OH is 1. The first kappa shape index (κ1) is 38.5. The molecule has 5 rings (SSSR count). The minimum atomic E-state index is -4.34. The molecule has 0 saturated carbocycles. The molecule has 3 aromatic carbocycles. The molecule has 1 radical (unpaired) electrons. The van der Waals surface area contributed by atoms with Gasteiger partial charge in [0.25, 0.3) is 0 Å². The monoisotopic (exact) mass is 898 g/mol. The van der Waals surface area contributed by atoms with E-state index >= 15 is 0 Å². The second kappa shape index (κ2) is 16.8. The zero-order chi connectivity index (χ0) is 40.6. The van der Waals surface area contributed by atoms with E-state index in [-0.39, 0.29) is 54.6 Å². The number of rotatable bonds is 9. The normalized spacial score (nSPS) is 14.9. The fourth-order valence-electron chi connectivity index (χ4n) is 6.90. The van der Waals surface area contributed by atoms with Crippen molar-refractivity contribution in [2.45, 2.75) is 121 Å². The quantitative estimate of drug-likeness (QED) is 0.0910. The summed E-state index contributed by atoms with van der Waals surface area (Å²) in [6, 6.07) is 15.3. The number of aliphatic hydroxyl groups is 1. The van der Waals surface area contributed by atoms with Crippen LogP contribution in [0.4, 0.5) is 13.2 Å². The van der Waals surface area contributed by atoms with Gasteiger partial charge in [-0.2, -0.15) is 13.2 Å². The zero-order valence-corrected chi connectivity index (χ0v) is 34.5. The number of hydrogen-bond donors (Lipinski definition) is 1. The van der Waals surface area contributed by atoms with Crippen LogP contribution in [0, 0.1) is 35.6 Å². The minimum absolute atomic E-state index is 0. The molecule has 0 bridgehead atoms. The van der Waals surface area contributed by atoms with Gasteiger partial charge in [-0.3, -0.25) is 9.78 Å². The van der Waals surface area contributed by atoms with Gasteiger partial charge in [0.2, 0.25) is 0 Å². The molecular weight excluding hydrogens is 840 g/mol. The van der Waals surface area contributed by atoms with Gasteiger partial charge in [-0.25, -0.2) is 0 Å². The number of allylic oxidation sites excluding steroid dienone is 2. The number of hydrogen-bond acceptors (Lipinski definition) is 4. The summed E-state index contributed by atoms with van der Waals surface area (Å²) >= 11 is 0. The molecule has 0 aliphatic carbocycles. The van der Waals surface area contributed by atoms with E-state index in [9.17, 15) is 23.1 Å². The Bertz CT molecular complexity index is 2040. The van der Waals surface area contributed by atoms with Crippen molar-refractivity contribution in [3.63, 3.8) is 0 Å². The van der Waals surface area contributed by atoms with Crippen molar-refractivity contribution in [3.05, 3.63) is 76.7 Å². The van der Waals surface area contributed by atoms with Gasteiger partial charge in [-0.05, 0) is 79.8 Å². The van der Waals surface area contributed by atoms with E-state index in [1.54, 1.807) is 19.1 Å². The molecule has 52 heavy (non-hydrogen) atoms. The minimum Gasteiger partial charge on any atom is -0.512 e. The number of pyridine rings is 1. The first-order chi connectivity index (χ1) is 24.9. The van der Waals surface area contributed by atoms with Crippen LogP contribution in [0.1, 0.15) is 116 Å². The van der Waals surface area contributed by atoms with Crippen molar-refractivity contribution < 1.29 is 52.0 Å². The number of ether oxygens (including phenoxy) is 1. The van der Waals surface area contributed by atoms with Crippen LogP contribution in [0.5, 0.6) is 11.5 Å². The molecule has 4 nitrogen and oxygen atoms in total. The standard InChI is InChI=1S/C30H32NO.C14H23F3O2.Ir/c1-18-8-9-22-21(12-18)15-23-27-26-20(10-11-31-27)13-19(16-29(2,3)4)14-25(26)32-28(23)24(22)17-30(5,6)7;1-5-10(6-2)12(18)9(4)13(19)11(7-3)8-14(15,16)17;/h8-14H,16-17H2,1-7H3;10-11,19H,5-8H2,1-4H3;/q-1;;/b;13-9-;/i1D3;;. The topological polar surface area (TPSA) is 59.4 Å². The number of aryl methyl sites for hydroxylation is 1. The summed E-state index contributed by atoms with van der Waals surface area (Å²) < 4.78 is 67.5. The SMILES string of the molecule is CCC(CC)C(=O)/C(C)=C(\O)C(CC)CC(F)(F)F.[2H]C([2H])([2H])c1ccc2c(CC(C)(C)C)c3c([c-]c2c1)-c1nccc2cc(CC(C)(C)C)cc(c12)O3.[Ir]. The van der Waals surface area contributed by atoms with E-state index in [4.69, 9.17) is 13.8 Å². The fourth-order valence-corrected chi connectivity index (χ4v) is 6.90. The molecule has 1 aliphatic rings.